The third-order valence-electron chi connectivity index (χ3n) is 0.637. The zero-order valence-electron chi connectivity index (χ0n) is 5.60. The van der Waals surface area contributed by atoms with Crippen LogP contribution >= 0.6 is 19.4 Å². The Morgan fingerprint density at radius 1 is 1.55 bits per heavy atom. The molecule has 0 radical (unpaired) electrons. The van der Waals surface area contributed by atoms with Gasteiger partial charge in [0.25, 0.3) is 0 Å². The Morgan fingerprint density at radius 2 is 2.18 bits per heavy atom. The summed E-state index contributed by atoms with van der Waals surface area (Å²) in [6.45, 7) is -0.551. The molecule has 0 fully saturated rings. The number of aldehydes is 1. The number of hydrogen-bond donors (Lipinski definition) is 1. The molecule has 7 heteroatoms. The van der Waals surface area contributed by atoms with Gasteiger partial charge in [0.1, 0.15) is 12.9 Å². The van der Waals surface area contributed by atoms with E-state index in [0.29, 0.717) is 6.29 Å². The molecular weight excluding hydrogens is 194 g/mol. The van der Waals surface area contributed by atoms with Crippen molar-refractivity contribution in [1.29, 1.82) is 0 Å². The Bertz CT molecular complexity index is 161. The maximum absolute atomic E-state index is 10.6. The van der Waals surface area contributed by atoms with Gasteiger partial charge >= 0.3 is 7.82 Å². The van der Waals surface area contributed by atoms with Crippen LogP contribution in [0, 0.1) is 0 Å². The average Bonchev–Trinajstić information content (AvgIpc) is 1.97. The summed E-state index contributed by atoms with van der Waals surface area (Å²) in [7, 11) is -4.04. The van der Waals surface area contributed by atoms with E-state index in [-0.39, 0.29) is 12.5 Å². The number of carbonyl (C=O) groups excluding carboxylic acids is 1. The molecule has 0 rings (SSSR count). The molecule has 0 aromatic carbocycles. The highest BCUT2D eigenvalue weighted by Crippen LogP contribution is 2.42. The van der Waals surface area contributed by atoms with Crippen LogP contribution in [0.4, 0.5) is 0 Å². The van der Waals surface area contributed by atoms with Crippen LogP contribution in [0.1, 0.15) is 0 Å². The van der Waals surface area contributed by atoms with Crippen molar-refractivity contribution in [3.8, 4) is 0 Å². The minimum Gasteiger partial charge on any atom is -0.302 e. The lowest BCUT2D eigenvalue weighted by molar-refractivity contribution is -0.110. The number of phosphoric ester groups is 1. The average molecular weight is 203 g/mol. The zero-order chi connectivity index (χ0) is 8.74. The van der Waals surface area contributed by atoms with Crippen LogP contribution in [0.15, 0.2) is 0 Å². The maximum atomic E-state index is 10.6. The number of carbonyl (C=O) groups is 1. The second kappa shape index (κ2) is 5.69. The second-order valence-electron chi connectivity index (χ2n) is 1.45. The second-order valence-corrected chi connectivity index (χ2v) is 3.28. The van der Waals surface area contributed by atoms with E-state index in [1.807, 2.05) is 0 Å². The molecule has 0 spiro atoms. The van der Waals surface area contributed by atoms with Crippen molar-refractivity contribution >= 4 is 25.7 Å². The lowest BCUT2D eigenvalue weighted by Gasteiger charge is -2.07. The van der Waals surface area contributed by atoms with Crippen LogP contribution < -0.4 is 0 Å². The molecule has 0 aliphatic heterocycles. The summed E-state index contributed by atoms with van der Waals surface area (Å²) in [5.74, 6) is 0.0923. The van der Waals surface area contributed by atoms with Crippen LogP contribution in [0.25, 0.3) is 0 Å². The van der Waals surface area contributed by atoms with Gasteiger partial charge in [0, 0.05) is 5.88 Å². The summed E-state index contributed by atoms with van der Waals surface area (Å²) in [6.07, 6.45) is 0.354. The minimum atomic E-state index is -4.04. The molecule has 0 aliphatic rings. The van der Waals surface area contributed by atoms with Gasteiger partial charge in [-0.3, -0.25) is 9.05 Å². The van der Waals surface area contributed by atoms with Crippen LogP contribution in [-0.2, 0) is 18.4 Å². The standard InChI is InChI=1S/C4H8ClO5P/c5-1-3-9-11(7,8)10-4-2-6/h2H,1,3-4H2,(H,7,8). The predicted octanol–water partition coefficient (Wildman–Crippen LogP) is 0.558. The van der Waals surface area contributed by atoms with Crippen LogP contribution in [0.2, 0.25) is 0 Å². The molecule has 0 saturated carbocycles. The molecule has 1 N–H and O–H groups in total. The van der Waals surface area contributed by atoms with Gasteiger partial charge in [-0.15, -0.1) is 11.6 Å². The summed E-state index contributed by atoms with van der Waals surface area (Å²) in [4.78, 5) is 18.4. The number of halogens is 1. The Hall–Kier alpha value is 0.0700. The molecule has 1 unspecified atom stereocenters. The van der Waals surface area contributed by atoms with Crippen molar-refractivity contribution in [1.82, 2.24) is 0 Å². The molecule has 0 aromatic rings. The molecule has 1 atom stereocenters. The van der Waals surface area contributed by atoms with E-state index in [1.54, 1.807) is 0 Å². The van der Waals surface area contributed by atoms with Crippen LogP contribution in [0.3, 0.4) is 0 Å². The largest absolute Gasteiger partial charge is 0.472 e. The van der Waals surface area contributed by atoms with Gasteiger partial charge in [0.05, 0.1) is 6.61 Å². The fourth-order valence-corrected chi connectivity index (χ4v) is 1.14. The molecule has 0 aromatic heterocycles. The smallest absolute Gasteiger partial charge is 0.302 e. The van der Waals surface area contributed by atoms with Crippen molar-refractivity contribution in [2.45, 2.75) is 0 Å². The van der Waals surface area contributed by atoms with Gasteiger partial charge < -0.3 is 9.69 Å². The van der Waals surface area contributed by atoms with Gasteiger partial charge in [-0.2, -0.15) is 0 Å². The molecule has 0 heterocycles. The molecular formula is C4H8ClO5P. The topological polar surface area (TPSA) is 72.8 Å². The number of hydrogen-bond acceptors (Lipinski definition) is 4. The summed E-state index contributed by atoms with van der Waals surface area (Å²) in [5, 5.41) is 0. The summed E-state index contributed by atoms with van der Waals surface area (Å²) < 4.78 is 19.0. The number of phosphoric acid groups is 1. The number of alkyl halides is 1. The normalized spacial score (nSPS) is 15.8. The molecule has 0 amide bonds. The van der Waals surface area contributed by atoms with E-state index >= 15 is 0 Å². The van der Waals surface area contributed by atoms with E-state index in [2.05, 4.69) is 9.05 Å². The van der Waals surface area contributed by atoms with E-state index in [9.17, 15) is 9.36 Å². The minimum absolute atomic E-state index is 0.0891. The van der Waals surface area contributed by atoms with Crippen molar-refractivity contribution < 1.29 is 23.3 Å². The fraction of sp³-hybridized carbons (Fsp3) is 0.750. The monoisotopic (exact) mass is 202 g/mol. The third kappa shape index (κ3) is 6.47. The molecule has 0 saturated heterocycles. The lowest BCUT2D eigenvalue weighted by Crippen LogP contribution is -1.99. The van der Waals surface area contributed by atoms with Gasteiger partial charge in [-0.05, 0) is 0 Å². The first kappa shape index (κ1) is 11.1. The van der Waals surface area contributed by atoms with Crippen molar-refractivity contribution in [3.63, 3.8) is 0 Å². The van der Waals surface area contributed by atoms with Gasteiger partial charge in [-0.1, -0.05) is 0 Å². The fourth-order valence-electron chi connectivity index (χ4n) is 0.312. The molecule has 0 aliphatic carbocycles. The first-order valence-electron chi connectivity index (χ1n) is 2.74. The van der Waals surface area contributed by atoms with E-state index in [1.165, 1.54) is 0 Å². The van der Waals surface area contributed by atoms with Gasteiger partial charge in [-0.25, -0.2) is 4.57 Å². The van der Waals surface area contributed by atoms with Crippen LogP contribution in [0.5, 0.6) is 0 Å². The summed E-state index contributed by atoms with van der Waals surface area (Å²) in [5.41, 5.74) is 0. The Labute approximate surface area is 68.9 Å². The van der Waals surface area contributed by atoms with Crippen molar-refractivity contribution in [3.05, 3.63) is 0 Å². The number of rotatable bonds is 6. The van der Waals surface area contributed by atoms with Gasteiger partial charge in [0.15, 0.2) is 0 Å². The third-order valence-corrected chi connectivity index (χ3v) is 1.78. The quantitative estimate of drug-likeness (QED) is 0.387. The first-order chi connectivity index (χ1) is 5.12. The molecule has 5 nitrogen and oxygen atoms in total. The van der Waals surface area contributed by atoms with E-state index < -0.39 is 14.4 Å². The predicted molar refractivity (Wildman–Crippen MR) is 38.5 cm³/mol. The maximum Gasteiger partial charge on any atom is 0.472 e. The lowest BCUT2D eigenvalue weighted by atomic mass is 10.9. The highest BCUT2D eigenvalue weighted by Gasteiger charge is 2.19. The molecule has 0 bridgehead atoms. The Balaban J connectivity index is 3.61. The zero-order valence-corrected chi connectivity index (χ0v) is 7.25. The highest BCUT2D eigenvalue weighted by molar-refractivity contribution is 7.47. The van der Waals surface area contributed by atoms with E-state index in [0.717, 1.165) is 0 Å². The Morgan fingerprint density at radius 3 is 2.64 bits per heavy atom. The van der Waals surface area contributed by atoms with E-state index in [4.69, 9.17) is 16.5 Å². The highest BCUT2D eigenvalue weighted by atomic mass is 35.5. The van der Waals surface area contributed by atoms with Crippen LogP contribution in [-0.4, -0.2) is 30.3 Å². The Kier molecular flexibility index (Phi) is 5.72. The summed E-state index contributed by atoms with van der Waals surface area (Å²) >= 11 is 5.16. The van der Waals surface area contributed by atoms with Gasteiger partial charge in [0.2, 0.25) is 0 Å². The van der Waals surface area contributed by atoms with Crippen molar-refractivity contribution in [2.24, 2.45) is 0 Å². The van der Waals surface area contributed by atoms with Crippen molar-refractivity contribution in [2.75, 3.05) is 19.1 Å². The molecule has 66 valence electrons. The first-order valence-corrected chi connectivity index (χ1v) is 4.77. The summed E-state index contributed by atoms with van der Waals surface area (Å²) in [6, 6.07) is 0. The molecule has 11 heavy (non-hydrogen) atoms. The SMILES string of the molecule is O=CCOP(=O)(O)OCCCl.